The molecule has 0 bridgehead atoms. The van der Waals surface area contributed by atoms with Crippen LogP contribution in [0.3, 0.4) is 0 Å². The first kappa shape index (κ1) is 14.3. The van der Waals surface area contributed by atoms with Gasteiger partial charge in [-0.3, -0.25) is 10.1 Å². The van der Waals surface area contributed by atoms with Gasteiger partial charge in [-0.05, 0) is 6.07 Å². The molecule has 0 aromatic heterocycles. The Kier molecular flexibility index (Phi) is 4.17. The average molecular weight is 281 g/mol. The summed E-state index contributed by atoms with van der Waals surface area (Å²) >= 11 is 0. The third-order valence-electron chi connectivity index (χ3n) is 1.89. The van der Waals surface area contributed by atoms with Gasteiger partial charge in [-0.2, -0.15) is 8.78 Å². The van der Waals surface area contributed by atoms with E-state index < -0.39 is 32.8 Å². The molecule has 0 aliphatic carbocycles. The number of hydrogen-bond acceptors (Lipinski definition) is 5. The van der Waals surface area contributed by atoms with Crippen molar-refractivity contribution in [3.63, 3.8) is 0 Å². The first-order valence-corrected chi connectivity index (χ1v) is 6.65. The molecule has 0 N–H and O–H groups in total. The summed E-state index contributed by atoms with van der Waals surface area (Å²) in [5.74, 6) is -1.00. The van der Waals surface area contributed by atoms with Crippen LogP contribution in [0.4, 0.5) is 14.5 Å². The van der Waals surface area contributed by atoms with Crippen molar-refractivity contribution >= 4 is 15.5 Å². The summed E-state index contributed by atoms with van der Waals surface area (Å²) in [7, 11) is -3.53. The molecule has 0 aliphatic rings. The highest BCUT2D eigenvalue weighted by Gasteiger charge is 2.17. The van der Waals surface area contributed by atoms with Crippen LogP contribution in [0.5, 0.6) is 5.75 Å². The summed E-state index contributed by atoms with van der Waals surface area (Å²) in [4.78, 5) is 9.77. The van der Waals surface area contributed by atoms with Gasteiger partial charge >= 0.3 is 6.61 Å². The molecule has 0 amide bonds. The number of halogens is 2. The largest absolute Gasteiger partial charge is 0.435 e. The first-order valence-electron chi connectivity index (χ1n) is 4.59. The minimum Gasteiger partial charge on any atom is -0.435 e. The summed E-state index contributed by atoms with van der Waals surface area (Å²) < 4.78 is 50.5. The standard InChI is InChI=1S/C9H9F2NO5S/c1-18(15,16)5-6-4-7(12(13)14)2-3-8(6)17-9(10)11/h2-4,9H,5H2,1H3. The van der Waals surface area contributed by atoms with Gasteiger partial charge in [0.15, 0.2) is 9.84 Å². The molecule has 0 saturated heterocycles. The summed E-state index contributed by atoms with van der Waals surface area (Å²) in [5.41, 5.74) is -0.567. The summed E-state index contributed by atoms with van der Waals surface area (Å²) in [5, 5.41) is 10.5. The third-order valence-corrected chi connectivity index (χ3v) is 2.72. The fraction of sp³-hybridized carbons (Fsp3) is 0.333. The maximum Gasteiger partial charge on any atom is 0.387 e. The van der Waals surface area contributed by atoms with Gasteiger partial charge in [0.25, 0.3) is 5.69 Å². The molecule has 1 rings (SSSR count). The van der Waals surface area contributed by atoms with Gasteiger partial charge in [0, 0.05) is 24.0 Å². The number of benzene rings is 1. The average Bonchev–Trinajstić information content (AvgIpc) is 2.17. The SMILES string of the molecule is CS(=O)(=O)Cc1cc([N+](=O)[O-])ccc1OC(F)F. The molecule has 0 unspecified atom stereocenters. The van der Waals surface area contributed by atoms with Crippen molar-refractivity contribution in [2.45, 2.75) is 12.4 Å². The molecule has 18 heavy (non-hydrogen) atoms. The molecule has 0 radical (unpaired) electrons. The van der Waals surface area contributed by atoms with Crippen LogP contribution in [0.25, 0.3) is 0 Å². The second kappa shape index (κ2) is 5.25. The maximum absolute atomic E-state index is 12.1. The predicted octanol–water partition coefficient (Wildman–Crippen LogP) is 1.74. The van der Waals surface area contributed by atoms with E-state index in [2.05, 4.69) is 4.74 Å². The third kappa shape index (κ3) is 4.24. The van der Waals surface area contributed by atoms with Crippen LogP contribution in [-0.2, 0) is 15.6 Å². The number of sulfone groups is 1. The fourth-order valence-electron chi connectivity index (χ4n) is 1.29. The maximum atomic E-state index is 12.1. The van der Waals surface area contributed by atoms with Crippen LogP contribution in [0, 0.1) is 10.1 Å². The molecule has 100 valence electrons. The zero-order valence-corrected chi connectivity index (χ0v) is 9.99. The molecule has 1 aromatic carbocycles. The van der Waals surface area contributed by atoms with Gasteiger partial charge < -0.3 is 4.74 Å². The first-order chi connectivity index (χ1) is 8.19. The predicted molar refractivity (Wildman–Crippen MR) is 58.3 cm³/mol. The minimum atomic E-state index is -3.53. The molecular formula is C9H9F2NO5S. The highest BCUT2D eigenvalue weighted by Crippen LogP contribution is 2.27. The van der Waals surface area contributed by atoms with Crippen LogP contribution in [0.2, 0.25) is 0 Å². The van der Waals surface area contributed by atoms with Gasteiger partial charge in [0.2, 0.25) is 0 Å². The molecule has 1 aromatic rings. The lowest BCUT2D eigenvalue weighted by Crippen LogP contribution is -2.08. The Morgan fingerprint density at radius 3 is 2.50 bits per heavy atom. The topological polar surface area (TPSA) is 86.5 Å². The lowest BCUT2D eigenvalue weighted by molar-refractivity contribution is -0.384. The lowest BCUT2D eigenvalue weighted by Gasteiger charge is -2.09. The van der Waals surface area contributed by atoms with E-state index >= 15 is 0 Å². The van der Waals surface area contributed by atoms with Crippen molar-refractivity contribution < 1.29 is 26.9 Å². The minimum absolute atomic E-state index is 0.174. The fourth-order valence-corrected chi connectivity index (χ4v) is 2.08. The molecule has 0 fully saturated rings. The molecule has 0 heterocycles. The number of non-ortho nitro benzene ring substituents is 1. The van der Waals surface area contributed by atoms with E-state index in [1.54, 1.807) is 0 Å². The normalized spacial score (nSPS) is 11.6. The Balaban J connectivity index is 3.21. The smallest absolute Gasteiger partial charge is 0.387 e. The summed E-state index contributed by atoms with van der Waals surface area (Å²) in [6.07, 6.45) is 0.887. The molecular weight excluding hydrogens is 272 g/mol. The van der Waals surface area contributed by atoms with E-state index in [0.717, 1.165) is 24.5 Å². The van der Waals surface area contributed by atoms with Crippen molar-refractivity contribution in [3.05, 3.63) is 33.9 Å². The summed E-state index contributed by atoms with van der Waals surface area (Å²) in [6, 6.07) is 2.81. The second-order valence-corrected chi connectivity index (χ2v) is 5.64. The number of rotatable bonds is 5. The highest BCUT2D eigenvalue weighted by molar-refractivity contribution is 7.89. The van der Waals surface area contributed by atoms with Gasteiger partial charge in [-0.1, -0.05) is 0 Å². The lowest BCUT2D eigenvalue weighted by atomic mass is 10.2. The summed E-state index contributed by atoms with van der Waals surface area (Å²) in [6.45, 7) is -3.13. The van der Waals surface area contributed by atoms with E-state index in [-0.39, 0.29) is 11.3 Å². The zero-order valence-electron chi connectivity index (χ0n) is 9.17. The van der Waals surface area contributed by atoms with Crippen molar-refractivity contribution in [1.29, 1.82) is 0 Å². The molecule has 0 spiro atoms. The molecule has 0 saturated carbocycles. The number of nitrogens with zero attached hydrogens (tertiary/aromatic N) is 1. The molecule has 0 atom stereocenters. The van der Waals surface area contributed by atoms with Crippen LogP contribution in [0.15, 0.2) is 18.2 Å². The Morgan fingerprint density at radius 1 is 1.44 bits per heavy atom. The van der Waals surface area contributed by atoms with E-state index in [4.69, 9.17) is 0 Å². The Labute approximate surface area is 101 Å². The molecule has 9 heteroatoms. The van der Waals surface area contributed by atoms with Crippen molar-refractivity contribution in [1.82, 2.24) is 0 Å². The monoisotopic (exact) mass is 281 g/mol. The van der Waals surface area contributed by atoms with Gasteiger partial charge in [0.1, 0.15) is 5.75 Å². The van der Waals surface area contributed by atoms with Gasteiger partial charge in [-0.15, -0.1) is 0 Å². The van der Waals surface area contributed by atoms with Crippen LogP contribution in [-0.4, -0.2) is 26.2 Å². The number of nitro groups is 1. The van der Waals surface area contributed by atoms with Gasteiger partial charge in [-0.25, -0.2) is 8.42 Å². The van der Waals surface area contributed by atoms with Crippen LogP contribution < -0.4 is 4.74 Å². The number of ether oxygens (including phenoxy) is 1. The Hall–Kier alpha value is -1.77. The van der Waals surface area contributed by atoms with Crippen molar-refractivity contribution in [2.75, 3.05) is 6.26 Å². The van der Waals surface area contributed by atoms with Crippen LogP contribution >= 0.6 is 0 Å². The van der Waals surface area contributed by atoms with E-state index in [1.165, 1.54) is 0 Å². The molecule has 6 nitrogen and oxygen atoms in total. The van der Waals surface area contributed by atoms with Gasteiger partial charge in [0.05, 0.1) is 10.7 Å². The van der Waals surface area contributed by atoms with Crippen molar-refractivity contribution in [3.8, 4) is 5.75 Å². The van der Waals surface area contributed by atoms with E-state index in [9.17, 15) is 27.3 Å². The second-order valence-electron chi connectivity index (χ2n) is 3.50. The van der Waals surface area contributed by atoms with E-state index in [0.29, 0.717) is 0 Å². The van der Waals surface area contributed by atoms with E-state index in [1.807, 2.05) is 0 Å². The van der Waals surface area contributed by atoms with Crippen LogP contribution in [0.1, 0.15) is 5.56 Å². The number of nitro benzene ring substituents is 1. The zero-order chi connectivity index (χ0) is 13.9. The van der Waals surface area contributed by atoms with Crippen molar-refractivity contribution in [2.24, 2.45) is 0 Å². The number of alkyl halides is 2. The molecule has 0 aliphatic heterocycles. The quantitative estimate of drug-likeness (QED) is 0.606. The number of hydrogen-bond donors (Lipinski definition) is 0. The highest BCUT2D eigenvalue weighted by atomic mass is 32.2. The Bertz CT molecular complexity index is 558. The Morgan fingerprint density at radius 2 is 2.06 bits per heavy atom.